The van der Waals surface area contributed by atoms with E-state index in [1.54, 1.807) is 8.87 Å². The van der Waals surface area contributed by atoms with Gasteiger partial charge in [-0.15, -0.1) is 0 Å². The van der Waals surface area contributed by atoms with Gasteiger partial charge >= 0.3 is 69.5 Å². The summed E-state index contributed by atoms with van der Waals surface area (Å²) in [7, 11) is 0. The summed E-state index contributed by atoms with van der Waals surface area (Å²) in [5.41, 5.74) is 0. The van der Waals surface area contributed by atoms with E-state index in [2.05, 4.69) is 27.7 Å². The minimum absolute atomic E-state index is 0.149. The molecular weight excluding hydrogens is 471 g/mol. The van der Waals surface area contributed by atoms with Gasteiger partial charge in [-0.2, -0.15) is 0 Å². The second kappa shape index (κ2) is 32.4. The Morgan fingerprint density at radius 3 is 1.10 bits per heavy atom. The maximum absolute atomic E-state index is 9.92. The standard InChI is InChI=1S/2C8H16O2.2C4H9.Sn/c2*1-2-3-4-5-6-7-8(9)10;2*1-3-4-2;/h2*2-7H2,1H3,(H,9,10);2*1,3-4H2,2H3;/q;;;;+2/p-2. The fourth-order valence-electron chi connectivity index (χ4n) is 2.47. The Bertz CT molecular complexity index is 292. The summed E-state index contributed by atoms with van der Waals surface area (Å²) in [6.45, 7) is 8.86. The Morgan fingerprint density at radius 1 is 0.517 bits per heavy atom. The average molecular weight is 519 g/mol. The van der Waals surface area contributed by atoms with Crippen molar-refractivity contribution >= 4 is 33.1 Å². The van der Waals surface area contributed by atoms with E-state index in [0.29, 0.717) is 0 Å². The monoisotopic (exact) mass is 520 g/mol. The van der Waals surface area contributed by atoms with Crippen molar-refractivity contribution in [3.05, 3.63) is 0 Å². The molecule has 0 amide bonds. The third-order valence-corrected chi connectivity index (χ3v) is 8.42. The molecule has 0 aromatic rings. The van der Waals surface area contributed by atoms with E-state index < -0.39 is 11.9 Å². The first-order valence-corrected chi connectivity index (χ1v) is 16.1. The van der Waals surface area contributed by atoms with Crippen LogP contribution in [-0.4, -0.2) is 33.1 Å². The summed E-state index contributed by atoms with van der Waals surface area (Å²) in [6, 6.07) is 0. The number of hydrogen-bond donors (Lipinski definition) is 0. The molecule has 0 unspecified atom stereocenters. The molecule has 0 N–H and O–H groups in total. The molecule has 0 aromatic heterocycles. The first kappa shape index (κ1) is 33.4. The van der Waals surface area contributed by atoms with Crippen LogP contribution in [0.3, 0.4) is 0 Å². The van der Waals surface area contributed by atoms with Gasteiger partial charge in [0.1, 0.15) is 0 Å². The molecule has 5 heteroatoms. The van der Waals surface area contributed by atoms with Gasteiger partial charge in [0.15, 0.2) is 0 Å². The second-order valence-corrected chi connectivity index (χ2v) is 11.8. The Balaban J connectivity index is -0.000000350. The zero-order chi connectivity index (χ0) is 22.6. The molecule has 172 valence electrons. The van der Waals surface area contributed by atoms with Crippen molar-refractivity contribution in [2.75, 3.05) is 0 Å². The zero-order valence-electron chi connectivity index (χ0n) is 19.9. The third kappa shape index (κ3) is 47.2. The molecule has 0 aliphatic heterocycles. The molecular formula is C24H48O4Sn. The van der Waals surface area contributed by atoms with Crippen LogP contribution in [0.15, 0.2) is 0 Å². The van der Waals surface area contributed by atoms with Gasteiger partial charge in [0.05, 0.1) is 0 Å². The van der Waals surface area contributed by atoms with E-state index in [4.69, 9.17) is 0 Å². The summed E-state index contributed by atoms with van der Waals surface area (Å²) in [6.07, 6.45) is 17.1. The molecule has 0 atom stereocenters. The SMILES string of the molecule is CCCCCCCC(=O)[O-].CCCCCCCC(=O)[O-].CCC[CH2][Sn+2][CH2]CCC. The van der Waals surface area contributed by atoms with Gasteiger partial charge in [-0.3, -0.25) is 0 Å². The Hall–Kier alpha value is -0.261. The Labute approximate surface area is 191 Å². The van der Waals surface area contributed by atoms with Crippen LogP contribution in [0.4, 0.5) is 0 Å². The number of aliphatic carboxylic acids is 2. The molecule has 0 heterocycles. The van der Waals surface area contributed by atoms with Crippen LogP contribution in [0.2, 0.25) is 8.87 Å². The fourth-order valence-corrected chi connectivity index (χ4v) is 6.63. The molecule has 0 aromatic carbocycles. The summed E-state index contributed by atoms with van der Waals surface area (Å²) < 4.78 is 3.25. The third-order valence-electron chi connectivity index (χ3n) is 4.38. The first-order chi connectivity index (χ1) is 14.0. The number of carbonyl (C=O) groups excluding carboxylic acids is 2. The van der Waals surface area contributed by atoms with Crippen LogP contribution in [0, 0.1) is 0 Å². The van der Waals surface area contributed by atoms with Gasteiger partial charge in [0.2, 0.25) is 0 Å². The number of rotatable bonds is 18. The molecule has 0 radical (unpaired) electrons. The predicted molar refractivity (Wildman–Crippen MR) is 122 cm³/mol. The van der Waals surface area contributed by atoms with E-state index >= 15 is 0 Å². The van der Waals surface area contributed by atoms with Crippen molar-refractivity contribution in [1.82, 2.24) is 0 Å². The van der Waals surface area contributed by atoms with E-state index in [-0.39, 0.29) is 34.0 Å². The summed E-state index contributed by atoms with van der Waals surface area (Å²) in [4.78, 5) is 19.8. The molecule has 0 rings (SSSR count). The van der Waals surface area contributed by atoms with Gasteiger partial charge in [-0.1, -0.05) is 65.2 Å². The normalized spacial score (nSPS) is 9.52. The average Bonchev–Trinajstić information content (AvgIpc) is 2.68. The van der Waals surface area contributed by atoms with Crippen LogP contribution < -0.4 is 10.2 Å². The Kier molecular flexibility index (Phi) is 37.3. The molecule has 0 saturated heterocycles. The van der Waals surface area contributed by atoms with Crippen molar-refractivity contribution in [3.8, 4) is 0 Å². The van der Waals surface area contributed by atoms with Gasteiger partial charge < -0.3 is 19.8 Å². The van der Waals surface area contributed by atoms with Crippen LogP contribution in [0.25, 0.3) is 0 Å². The van der Waals surface area contributed by atoms with Gasteiger partial charge in [0.25, 0.3) is 0 Å². The minimum atomic E-state index is -0.920. The molecule has 0 aliphatic carbocycles. The van der Waals surface area contributed by atoms with Crippen LogP contribution in [0.5, 0.6) is 0 Å². The van der Waals surface area contributed by atoms with Crippen molar-refractivity contribution in [3.63, 3.8) is 0 Å². The summed E-state index contributed by atoms with van der Waals surface area (Å²) in [5.74, 6) is -1.84. The van der Waals surface area contributed by atoms with E-state index in [0.717, 1.165) is 38.5 Å². The van der Waals surface area contributed by atoms with E-state index in [9.17, 15) is 19.8 Å². The molecule has 29 heavy (non-hydrogen) atoms. The topological polar surface area (TPSA) is 80.3 Å². The fraction of sp³-hybridized carbons (Fsp3) is 0.917. The maximum atomic E-state index is 9.92. The molecule has 0 aliphatic rings. The zero-order valence-corrected chi connectivity index (χ0v) is 22.7. The molecule has 4 nitrogen and oxygen atoms in total. The van der Waals surface area contributed by atoms with Gasteiger partial charge in [0, 0.05) is 11.9 Å². The van der Waals surface area contributed by atoms with Crippen LogP contribution >= 0.6 is 0 Å². The van der Waals surface area contributed by atoms with Crippen molar-refractivity contribution < 1.29 is 19.8 Å². The van der Waals surface area contributed by atoms with Gasteiger partial charge in [-0.25, -0.2) is 0 Å². The van der Waals surface area contributed by atoms with Gasteiger partial charge in [-0.05, 0) is 25.7 Å². The quantitative estimate of drug-likeness (QED) is 0.181. The number of hydrogen-bond acceptors (Lipinski definition) is 4. The predicted octanol–water partition coefficient (Wildman–Crippen LogP) is 5.32. The summed E-state index contributed by atoms with van der Waals surface area (Å²) >= 11 is 0.149. The molecule has 0 spiro atoms. The second-order valence-electron chi connectivity index (χ2n) is 7.53. The van der Waals surface area contributed by atoms with Crippen LogP contribution in [0.1, 0.15) is 130 Å². The number of unbranched alkanes of at least 4 members (excludes halogenated alkanes) is 10. The molecule has 0 bridgehead atoms. The molecule has 0 fully saturated rings. The number of carbonyl (C=O) groups is 2. The summed E-state index contributed by atoms with van der Waals surface area (Å²) in [5, 5.41) is 19.8. The number of carboxylic acid groups (broad SMARTS) is 2. The molecule has 0 saturated carbocycles. The first-order valence-electron chi connectivity index (χ1n) is 12.1. The van der Waals surface area contributed by atoms with Crippen molar-refractivity contribution in [2.45, 2.75) is 139 Å². The number of carboxylic acids is 2. The Morgan fingerprint density at radius 2 is 0.828 bits per heavy atom. The van der Waals surface area contributed by atoms with Crippen molar-refractivity contribution in [2.24, 2.45) is 0 Å². The van der Waals surface area contributed by atoms with E-state index in [1.165, 1.54) is 51.4 Å². The van der Waals surface area contributed by atoms with Crippen LogP contribution in [-0.2, 0) is 9.59 Å². The van der Waals surface area contributed by atoms with Crippen molar-refractivity contribution in [1.29, 1.82) is 0 Å². The van der Waals surface area contributed by atoms with E-state index in [1.807, 2.05) is 0 Å².